The average molecular weight is 312 g/mol. The number of thioether (sulfide) groups is 1. The van der Waals surface area contributed by atoms with Crippen LogP contribution in [-0.4, -0.2) is 35.0 Å². The third-order valence-electron chi connectivity index (χ3n) is 3.00. The predicted octanol–water partition coefficient (Wildman–Crippen LogP) is 3.76. The van der Waals surface area contributed by atoms with Gasteiger partial charge in [0.1, 0.15) is 5.82 Å². The number of hydrogen-bond donors (Lipinski definition) is 2. The fourth-order valence-corrected chi connectivity index (χ4v) is 2.43. The summed E-state index contributed by atoms with van der Waals surface area (Å²) in [6.07, 6.45) is 6.68. The molecule has 6 nitrogen and oxygen atoms in total. The molecule has 0 aliphatic heterocycles. The van der Waals surface area contributed by atoms with E-state index in [1.54, 1.807) is 6.07 Å². The van der Waals surface area contributed by atoms with Gasteiger partial charge >= 0.3 is 5.69 Å². The molecule has 2 N–H and O–H groups in total. The van der Waals surface area contributed by atoms with E-state index in [0.29, 0.717) is 18.2 Å². The summed E-state index contributed by atoms with van der Waals surface area (Å²) < 4.78 is 0. The molecule has 0 radical (unpaired) electrons. The molecule has 0 saturated heterocycles. The van der Waals surface area contributed by atoms with Crippen LogP contribution in [0.15, 0.2) is 12.1 Å². The zero-order valence-corrected chi connectivity index (χ0v) is 13.5. The molecule has 1 aromatic heterocycles. The van der Waals surface area contributed by atoms with E-state index >= 15 is 0 Å². The van der Waals surface area contributed by atoms with Crippen LogP contribution in [0.2, 0.25) is 0 Å². The molecule has 0 spiro atoms. The molecule has 21 heavy (non-hydrogen) atoms. The number of unbranched alkanes of at least 4 members (excludes halogenated alkanes) is 3. The van der Waals surface area contributed by atoms with Crippen molar-refractivity contribution in [3.8, 4) is 0 Å². The summed E-state index contributed by atoms with van der Waals surface area (Å²) in [5, 5.41) is 17.1. The zero-order valence-electron chi connectivity index (χ0n) is 12.7. The molecule has 0 bridgehead atoms. The molecule has 0 amide bonds. The lowest BCUT2D eigenvalue weighted by molar-refractivity contribution is -0.384. The highest BCUT2D eigenvalue weighted by molar-refractivity contribution is 7.98. The van der Waals surface area contributed by atoms with Gasteiger partial charge in [-0.15, -0.1) is 0 Å². The Hall–Kier alpha value is -1.50. The molecule has 118 valence electrons. The smallest absolute Gasteiger partial charge is 0.311 e. The Morgan fingerprint density at radius 3 is 2.67 bits per heavy atom. The van der Waals surface area contributed by atoms with E-state index < -0.39 is 4.92 Å². The highest BCUT2D eigenvalue weighted by Crippen LogP contribution is 2.24. The largest absolute Gasteiger partial charge is 0.370 e. The van der Waals surface area contributed by atoms with Crippen LogP contribution in [0.4, 0.5) is 17.3 Å². The summed E-state index contributed by atoms with van der Waals surface area (Å²) >= 11 is 1.87. The van der Waals surface area contributed by atoms with E-state index in [0.717, 1.165) is 19.4 Å². The van der Waals surface area contributed by atoms with Gasteiger partial charge in [0.05, 0.1) is 4.92 Å². The third kappa shape index (κ3) is 6.66. The normalized spacial score (nSPS) is 10.4. The monoisotopic (exact) mass is 312 g/mol. The minimum Gasteiger partial charge on any atom is -0.370 e. The summed E-state index contributed by atoms with van der Waals surface area (Å²) in [5.74, 6) is 2.21. The van der Waals surface area contributed by atoms with Crippen LogP contribution in [0, 0.1) is 10.1 Å². The molecule has 0 saturated carbocycles. The molecular weight excluding hydrogens is 288 g/mol. The summed E-state index contributed by atoms with van der Waals surface area (Å²) in [6.45, 7) is 3.41. The number of aromatic nitrogens is 1. The first-order valence-electron chi connectivity index (χ1n) is 7.31. The van der Waals surface area contributed by atoms with Gasteiger partial charge in [0.15, 0.2) is 0 Å². The van der Waals surface area contributed by atoms with E-state index in [4.69, 9.17) is 0 Å². The number of anilines is 2. The lowest BCUT2D eigenvalue weighted by atomic mass is 10.2. The quantitative estimate of drug-likeness (QED) is 0.368. The zero-order chi connectivity index (χ0) is 15.5. The van der Waals surface area contributed by atoms with Crippen molar-refractivity contribution in [1.29, 1.82) is 0 Å². The van der Waals surface area contributed by atoms with Crippen LogP contribution in [0.5, 0.6) is 0 Å². The van der Waals surface area contributed by atoms with Gasteiger partial charge in [-0.2, -0.15) is 11.8 Å². The Labute approximate surface area is 130 Å². The van der Waals surface area contributed by atoms with Gasteiger partial charge in [-0.05, 0) is 37.8 Å². The molecule has 1 rings (SSSR count). The first kappa shape index (κ1) is 17.6. The number of nitro groups is 1. The standard InChI is InChI=1S/C14H24N4O2S/c1-3-15-13-9-8-12(18(19)20)14(17-13)16-10-6-4-5-7-11-21-2/h8-9H,3-7,10-11H2,1-2H3,(H2,15,16,17). The van der Waals surface area contributed by atoms with Crippen molar-refractivity contribution in [2.75, 3.05) is 35.7 Å². The fourth-order valence-electron chi connectivity index (χ4n) is 1.94. The van der Waals surface area contributed by atoms with Crippen LogP contribution in [0.3, 0.4) is 0 Å². The SMILES string of the molecule is CCNc1ccc([N+](=O)[O-])c(NCCCCCCSC)n1. The van der Waals surface area contributed by atoms with Crippen molar-refractivity contribution >= 4 is 29.1 Å². The maximum absolute atomic E-state index is 11.0. The van der Waals surface area contributed by atoms with Gasteiger partial charge in [0, 0.05) is 19.2 Å². The fraction of sp³-hybridized carbons (Fsp3) is 0.643. The summed E-state index contributed by atoms with van der Waals surface area (Å²) in [4.78, 5) is 14.9. The molecule has 1 heterocycles. The molecule has 1 aromatic rings. The van der Waals surface area contributed by atoms with Crippen LogP contribution < -0.4 is 10.6 Å². The second kappa shape index (κ2) is 10.3. The van der Waals surface area contributed by atoms with E-state index in [2.05, 4.69) is 21.9 Å². The average Bonchev–Trinajstić information content (AvgIpc) is 2.46. The Kier molecular flexibility index (Phi) is 8.57. The molecular formula is C14H24N4O2S. The second-order valence-electron chi connectivity index (χ2n) is 4.69. The molecule has 7 heteroatoms. The topological polar surface area (TPSA) is 80.1 Å². The molecule has 0 atom stereocenters. The first-order valence-corrected chi connectivity index (χ1v) is 8.70. The minimum absolute atomic E-state index is 0.0269. The first-order chi connectivity index (χ1) is 10.2. The molecule has 0 fully saturated rings. The van der Waals surface area contributed by atoms with Gasteiger partial charge in [0.25, 0.3) is 0 Å². The summed E-state index contributed by atoms with van der Waals surface area (Å²) in [6, 6.07) is 3.13. The Bertz CT molecular complexity index is 443. The van der Waals surface area contributed by atoms with Crippen molar-refractivity contribution < 1.29 is 4.92 Å². The van der Waals surface area contributed by atoms with Crippen molar-refractivity contribution in [2.45, 2.75) is 32.6 Å². The van der Waals surface area contributed by atoms with Gasteiger partial charge in [-0.3, -0.25) is 10.1 Å². The summed E-state index contributed by atoms with van der Waals surface area (Å²) in [7, 11) is 0. The molecule has 0 aliphatic carbocycles. The van der Waals surface area contributed by atoms with Crippen molar-refractivity contribution in [3.05, 3.63) is 22.2 Å². The van der Waals surface area contributed by atoms with E-state index in [1.165, 1.54) is 24.7 Å². The van der Waals surface area contributed by atoms with Crippen LogP contribution in [0.1, 0.15) is 32.6 Å². The molecule has 0 aromatic carbocycles. The second-order valence-corrected chi connectivity index (χ2v) is 5.67. The minimum atomic E-state index is -0.399. The number of rotatable bonds is 11. The highest BCUT2D eigenvalue weighted by Gasteiger charge is 2.15. The van der Waals surface area contributed by atoms with E-state index in [-0.39, 0.29) is 5.69 Å². The number of pyridine rings is 1. The lowest BCUT2D eigenvalue weighted by Gasteiger charge is -2.08. The lowest BCUT2D eigenvalue weighted by Crippen LogP contribution is -2.08. The number of nitrogens with zero attached hydrogens (tertiary/aromatic N) is 2. The van der Waals surface area contributed by atoms with Crippen LogP contribution >= 0.6 is 11.8 Å². The Morgan fingerprint density at radius 1 is 1.24 bits per heavy atom. The van der Waals surface area contributed by atoms with E-state index in [9.17, 15) is 10.1 Å². The molecule has 0 unspecified atom stereocenters. The summed E-state index contributed by atoms with van der Waals surface area (Å²) in [5.41, 5.74) is 0.0269. The maximum Gasteiger partial charge on any atom is 0.311 e. The third-order valence-corrected chi connectivity index (χ3v) is 3.69. The predicted molar refractivity (Wildman–Crippen MR) is 90.4 cm³/mol. The van der Waals surface area contributed by atoms with Crippen LogP contribution in [-0.2, 0) is 0 Å². The van der Waals surface area contributed by atoms with Crippen molar-refractivity contribution in [2.24, 2.45) is 0 Å². The maximum atomic E-state index is 11.0. The van der Waals surface area contributed by atoms with Gasteiger partial charge in [0.2, 0.25) is 5.82 Å². The van der Waals surface area contributed by atoms with Gasteiger partial charge in [-0.25, -0.2) is 4.98 Å². The number of hydrogen-bond acceptors (Lipinski definition) is 6. The number of nitrogens with one attached hydrogen (secondary N) is 2. The van der Waals surface area contributed by atoms with Crippen molar-refractivity contribution in [3.63, 3.8) is 0 Å². The van der Waals surface area contributed by atoms with Crippen molar-refractivity contribution in [1.82, 2.24) is 4.98 Å². The Balaban J connectivity index is 2.47. The van der Waals surface area contributed by atoms with Gasteiger partial charge in [-0.1, -0.05) is 12.8 Å². The highest BCUT2D eigenvalue weighted by atomic mass is 32.2. The van der Waals surface area contributed by atoms with E-state index in [1.807, 2.05) is 18.7 Å². The molecule has 0 aliphatic rings. The van der Waals surface area contributed by atoms with Gasteiger partial charge < -0.3 is 10.6 Å². The Morgan fingerprint density at radius 2 is 2.00 bits per heavy atom. The van der Waals surface area contributed by atoms with Crippen LogP contribution in [0.25, 0.3) is 0 Å².